The van der Waals surface area contributed by atoms with Crippen LogP contribution in [0.3, 0.4) is 0 Å². The number of likely N-dealkylation sites (N-methyl/N-ethyl adjacent to an activating group) is 1. The first-order valence-electron chi connectivity index (χ1n) is 6.95. The molecule has 0 aliphatic heterocycles. The Morgan fingerprint density at radius 3 is 2.26 bits per heavy atom. The van der Waals surface area contributed by atoms with Gasteiger partial charge in [0.25, 0.3) is 0 Å². The lowest BCUT2D eigenvalue weighted by Gasteiger charge is -2.30. The topological polar surface area (TPSA) is 38.5 Å². The van der Waals surface area contributed by atoms with Crippen molar-refractivity contribution in [2.24, 2.45) is 11.7 Å². The maximum atomic E-state index is 5.88. The van der Waals surface area contributed by atoms with Crippen LogP contribution in [0.5, 0.6) is 5.75 Å². The van der Waals surface area contributed by atoms with E-state index in [-0.39, 0.29) is 0 Å². The Hall–Kier alpha value is -1.06. The maximum absolute atomic E-state index is 5.88. The Bertz CT molecular complexity index is 415. The second kappa shape index (κ2) is 6.92. The summed E-state index contributed by atoms with van der Waals surface area (Å²) in [5, 5.41) is 0. The van der Waals surface area contributed by atoms with Gasteiger partial charge in [-0.2, -0.15) is 0 Å². The van der Waals surface area contributed by atoms with E-state index in [4.69, 9.17) is 10.5 Å². The fourth-order valence-electron chi connectivity index (χ4n) is 2.51. The monoisotopic (exact) mass is 264 g/mol. The number of nitrogens with two attached hydrogens (primary N) is 1. The SMILES string of the molecule is COc1cc(C)c(C)cc1CN(C)C(CN)C(C)C. The molecule has 0 radical (unpaired) electrons. The van der Waals surface area contributed by atoms with E-state index in [1.807, 2.05) is 0 Å². The van der Waals surface area contributed by atoms with Crippen molar-refractivity contribution in [3.05, 3.63) is 28.8 Å². The van der Waals surface area contributed by atoms with E-state index in [2.05, 4.69) is 51.8 Å². The third kappa shape index (κ3) is 3.95. The lowest BCUT2D eigenvalue weighted by Crippen LogP contribution is -2.41. The second-order valence-electron chi connectivity index (χ2n) is 5.71. The van der Waals surface area contributed by atoms with Gasteiger partial charge >= 0.3 is 0 Å². The summed E-state index contributed by atoms with van der Waals surface area (Å²) < 4.78 is 5.50. The first kappa shape index (κ1) is 16.0. The molecular weight excluding hydrogens is 236 g/mol. The van der Waals surface area contributed by atoms with Crippen molar-refractivity contribution in [2.45, 2.75) is 40.3 Å². The Morgan fingerprint density at radius 1 is 1.21 bits per heavy atom. The lowest BCUT2D eigenvalue weighted by molar-refractivity contribution is 0.188. The first-order valence-corrected chi connectivity index (χ1v) is 6.95. The lowest BCUT2D eigenvalue weighted by atomic mass is 10.0. The average Bonchev–Trinajstić information content (AvgIpc) is 2.33. The Kier molecular flexibility index (Phi) is 5.83. The van der Waals surface area contributed by atoms with Crippen LogP contribution in [0.1, 0.15) is 30.5 Å². The number of hydrogen-bond donors (Lipinski definition) is 1. The first-order chi connectivity index (χ1) is 8.90. The van der Waals surface area contributed by atoms with E-state index in [1.165, 1.54) is 16.7 Å². The van der Waals surface area contributed by atoms with Crippen LogP contribution in [0.2, 0.25) is 0 Å². The largest absolute Gasteiger partial charge is 0.496 e. The summed E-state index contributed by atoms with van der Waals surface area (Å²) in [6.45, 7) is 10.2. The highest BCUT2D eigenvalue weighted by Crippen LogP contribution is 2.25. The number of nitrogens with zero attached hydrogens (tertiary/aromatic N) is 1. The van der Waals surface area contributed by atoms with Crippen molar-refractivity contribution in [1.82, 2.24) is 4.90 Å². The van der Waals surface area contributed by atoms with Gasteiger partial charge in [0.2, 0.25) is 0 Å². The highest BCUT2D eigenvalue weighted by Gasteiger charge is 2.18. The Morgan fingerprint density at radius 2 is 1.79 bits per heavy atom. The van der Waals surface area contributed by atoms with Gasteiger partial charge in [0.15, 0.2) is 0 Å². The molecule has 0 heterocycles. The molecule has 1 rings (SSSR count). The van der Waals surface area contributed by atoms with Gasteiger partial charge in [-0.3, -0.25) is 4.90 Å². The van der Waals surface area contributed by atoms with Crippen molar-refractivity contribution in [3.8, 4) is 5.75 Å². The predicted molar refractivity (Wildman–Crippen MR) is 81.6 cm³/mol. The molecule has 0 saturated heterocycles. The summed E-state index contributed by atoms with van der Waals surface area (Å²) in [5.74, 6) is 1.52. The van der Waals surface area contributed by atoms with E-state index in [0.29, 0.717) is 18.5 Å². The average molecular weight is 264 g/mol. The highest BCUT2D eigenvalue weighted by molar-refractivity contribution is 5.41. The summed E-state index contributed by atoms with van der Waals surface area (Å²) in [4.78, 5) is 2.32. The molecule has 0 aliphatic carbocycles. The minimum atomic E-state index is 0.395. The molecule has 108 valence electrons. The van der Waals surface area contributed by atoms with Crippen LogP contribution in [-0.2, 0) is 6.54 Å². The van der Waals surface area contributed by atoms with Gasteiger partial charge < -0.3 is 10.5 Å². The molecule has 2 N–H and O–H groups in total. The molecule has 0 aromatic heterocycles. The molecule has 0 saturated carbocycles. The summed E-state index contributed by atoms with van der Waals surface area (Å²) in [7, 11) is 3.86. The van der Waals surface area contributed by atoms with Gasteiger partial charge in [-0.05, 0) is 44.0 Å². The molecule has 1 aromatic rings. The van der Waals surface area contributed by atoms with Gasteiger partial charge in [-0.15, -0.1) is 0 Å². The van der Waals surface area contributed by atoms with Crippen molar-refractivity contribution in [2.75, 3.05) is 20.7 Å². The van der Waals surface area contributed by atoms with E-state index in [9.17, 15) is 0 Å². The number of aryl methyl sites for hydroxylation is 2. The minimum Gasteiger partial charge on any atom is -0.496 e. The van der Waals surface area contributed by atoms with Crippen LogP contribution >= 0.6 is 0 Å². The van der Waals surface area contributed by atoms with Gasteiger partial charge in [0.05, 0.1) is 7.11 Å². The van der Waals surface area contributed by atoms with E-state index in [0.717, 1.165) is 12.3 Å². The zero-order chi connectivity index (χ0) is 14.6. The van der Waals surface area contributed by atoms with Crippen LogP contribution in [0.4, 0.5) is 0 Å². The zero-order valence-corrected chi connectivity index (χ0v) is 13.2. The zero-order valence-electron chi connectivity index (χ0n) is 13.2. The standard InChI is InChI=1S/C16H28N2O/c1-11(2)15(9-17)18(5)10-14-7-12(3)13(4)8-16(14)19-6/h7-8,11,15H,9-10,17H2,1-6H3. The third-order valence-corrected chi connectivity index (χ3v) is 3.89. The number of hydrogen-bond acceptors (Lipinski definition) is 3. The molecular formula is C16H28N2O. The minimum absolute atomic E-state index is 0.395. The molecule has 1 aromatic carbocycles. The molecule has 0 spiro atoms. The van der Waals surface area contributed by atoms with Crippen molar-refractivity contribution < 1.29 is 4.74 Å². The normalized spacial score (nSPS) is 13.1. The molecule has 0 amide bonds. The van der Waals surface area contributed by atoms with Crippen LogP contribution in [0, 0.1) is 19.8 Å². The number of rotatable bonds is 6. The van der Waals surface area contributed by atoms with Crippen LogP contribution in [0.25, 0.3) is 0 Å². The van der Waals surface area contributed by atoms with E-state index >= 15 is 0 Å². The molecule has 3 nitrogen and oxygen atoms in total. The molecule has 0 fully saturated rings. The van der Waals surface area contributed by atoms with E-state index < -0.39 is 0 Å². The molecule has 3 heteroatoms. The number of ether oxygens (including phenoxy) is 1. The molecule has 1 unspecified atom stereocenters. The third-order valence-electron chi connectivity index (χ3n) is 3.89. The number of methoxy groups -OCH3 is 1. The molecule has 0 aliphatic rings. The summed E-state index contributed by atoms with van der Waals surface area (Å²) in [5.41, 5.74) is 9.68. The fourth-order valence-corrected chi connectivity index (χ4v) is 2.51. The highest BCUT2D eigenvalue weighted by atomic mass is 16.5. The quantitative estimate of drug-likeness (QED) is 0.858. The summed E-state index contributed by atoms with van der Waals surface area (Å²) in [6, 6.07) is 4.73. The van der Waals surface area contributed by atoms with Crippen LogP contribution in [0.15, 0.2) is 12.1 Å². The molecule has 19 heavy (non-hydrogen) atoms. The van der Waals surface area contributed by atoms with Gasteiger partial charge in [0, 0.05) is 24.7 Å². The Labute approximate surface area is 117 Å². The van der Waals surface area contributed by atoms with Gasteiger partial charge in [0.1, 0.15) is 5.75 Å². The van der Waals surface area contributed by atoms with E-state index in [1.54, 1.807) is 7.11 Å². The van der Waals surface area contributed by atoms with Gasteiger partial charge in [-0.1, -0.05) is 19.9 Å². The summed E-state index contributed by atoms with van der Waals surface area (Å²) >= 11 is 0. The predicted octanol–water partition coefficient (Wildman–Crippen LogP) is 2.73. The fraction of sp³-hybridized carbons (Fsp3) is 0.625. The number of benzene rings is 1. The van der Waals surface area contributed by atoms with Crippen molar-refractivity contribution in [3.63, 3.8) is 0 Å². The van der Waals surface area contributed by atoms with Gasteiger partial charge in [-0.25, -0.2) is 0 Å². The second-order valence-corrected chi connectivity index (χ2v) is 5.71. The molecule has 1 atom stereocenters. The maximum Gasteiger partial charge on any atom is 0.123 e. The Balaban J connectivity index is 2.95. The summed E-state index contributed by atoms with van der Waals surface area (Å²) in [6.07, 6.45) is 0. The van der Waals surface area contributed by atoms with Crippen LogP contribution < -0.4 is 10.5 Å². The van der Waals surface area contributed by atoms with Crippen molar-refractivity contribution in [1.29, 1.82) is 0 Å². The smallest absolute Gasteiger partial charge is 0.123 e. The van der Waals surface area contributed by atoms with Crippen molar-refractivity contribution >= 4 is 0 Å². The van der Waals surface area contributed by atoms with Crippen LogP contribution in [-0.4, -0.2) is 31.6 Å². The molecule has 0 bridgehead atoms.